The van der Waals surface area contributed by atoms with Gasteiger partial charge < -0.3 is 9.42 Å². The molecule has 144 valence electrons. The van der Waals surface area contributed by atoms with Gasteiger partial charge in [0.15, 0.2) is 5.82 Å². The van der Waals surface area contributed by atoms with Crippen molar-refractivity contribution in [3.05, 3.63) is 47.1 Å². The number of likely N-dealkylation sites (tertiary alicyclic amines) is 1. The van der Waals surface area contributed by atoms with Crippen LogP contribution in [-0.2, 0) is 17.8 Å². The molecule has 0 spiro atoms. The first kappa shape index (κ1) is 18.0. The van der Waals surface area contributed by atoms with Gasteiger partial charge in [0.2, 0.25) is 11.8 Å². The average Bonchev–Trinajstić information content (AvgIpc) is 3.35. The summed E-state index contributed by atoms with van der Waals surface area (Å²) < 4.78 is 32.0. The van der Waals surface area contributed by atoms with E-state index >= 15 is 0 Å². The molecule has 1 aliphatic carbocycles. The zero-order chi connectivity index (χ0) is 19.0. The summed E-state index contributed by atoms with van der Waals surface area (Å²) in [6, 6.07) is 3.65. The monoisotopic (exact) mass is 376 g/mol. The first-order chi connectivity index (χ1) is 13.0. The Morgan fingerprint density at radius 2 is 2.11 bits per heavy atom. The van der Waals surface area contributed by atoms with E-state index in [1.807, 2.05) is 4.90 Å². The zero-order valence-corrected chi connectivity index (χ0v) is 15.2. The summed E-state index contributed by atoms with van der Waals surface area (Å²) in [5.74, 6) is 0.620. The fourth-order valence-electron chi connectivity index (χ4n) is 3.30. The lowest BCUT2D eigenvalue weighted by atomic mass is 9.99. The van der Waals surface area contributed by atoms with Crippen LogP contribution >= 0.6 is 0 Å². The third-order valence-electron chi connectivity index (χ3n) is 5.17. The number of halogens is 2. The summed E-state index contributed by atoms with van der Waals surface area (Å²) in [6.07, 6.45) is 2.56. The average molecular weight is 376 g/mol. The molecule has 1 aromatic carbocycles. The number of aromatic nitrogens is 2. The second kappa shape index (κ2) is 7.34. The maximum atomic E-state index is 13.7. The van der Waals surface area contributed by atoms with E-state index in [2.05, 4.69) is 10.1 Å². The van der Waals surface area contributed by atoms with Crippen LogP contribution in [0.1, 0.15) is 36.0 Å². The number of benzene rings is 1. The van der Waals surface area contributed by atoms with Crippen molar-refractivity contribution in [2.24, 2.45) is 5.92 Å². The van der Waals surface area contributed by atoms with Crippen LogP contribution in [0, 0.1) is 17.6 Å². The molecular formula is C19H22F2N4O2. The molecule has 1 aromatic heterocycles. The first-order valence-corrected chi connectivity index (χ1v) is 9.23. The molecule has 2 aromatic rings. The highest BCUT2D eigenvalue weighted by molar-refractivity contribution is 5.80. The standard InChI is InChI=1S/C19H22F2N4O2/c1-24(19(26)12-2-3-12)7-6-17-22-18(27-23-17)14-10-25(11-14)9-13-4-5-15(20)8-16(13)21/h4-5,8,12,14H,2-3,6-7,9-11H2,1H3. The van der Waals surface area contributed by atoms with Crippen LogP contribution in [0.2, 0.25) is 0 Å². The fraction of sp³-hybridized carbons (Fsp3) is 0.526. The van der Waals surface area contributed by atoms with Crippen LogP contribution in [0.3, 0.4) is 0 Å². The number of likely N-dealkylation sites (N-methyl/N-ethyl adjacent to an activating group) is 1. The van der Waals surface area contributed by atoms with Crippen molar-refractivity contribution < 1.29 is 18.1 Å². The Kier molecular flexibility index (Phi) is 4.90. The predicted octanol–water partition coefficient (Wildman–Crippen LogP) is 2.36. The smallest absolute Gasteiger partial charge is 0.232 e. The second-order valence-electron chi connectivity index (χ2n) is 7.46. The second-order valence-corrected chi connectivity index (χ2v) is 7.46. The molecule has 6 nitrogen and oxygen atoms in total. The van der Waals surface area contributed by atoms with Crippen LogP contribution < -0.4 is 0 Å². The Hall–Kier alpha value is -2.35. The van der Waals surface area contributed by atoms with Gasteiger partial charge in [0.05, 0.1) is 5.92 Å². The van der Waals surface area contributed by atoms with E-state index in [1.54, 1.807) is 11.9 Å². The van der Waals surface area contributed by atoms with Gasteiger partial charge >= 0.3 is 0 Å². The minimum atomic E-state index is -0.569. The minimum Gasteiger partial charge on any atom is -0.345 e. The minimum absolute atomic E-state index is 0.126. The van der Waals surface area contributed by atoms with Gasteiger partial charge in [0, 0.05) is 57.2 Å². The van der Waals surface area contributed by atoms with E-state index in [9.17, 15) is 13.6 Å². The molecule has 2 aliphatic rings. The van der Waals surface area contributed by atoms with Crippen molar-refractivity contribution in [1.29, 1.82) is 0 Å². The maximum absolute atomic E-state index is 13.7. The SMILES string of the molecule is CN(CCc1noc(C2CN(Cc3ccc(F)cc3F)C2)n1)C(=O)C1CC1. The number of amides is 1. The first-order valence-electron chi connectivity index (χ1n) is 9.23. The van der Waals surface area contributed by atoms with Gasteiger partial charge in [0.25, 0.3) is 0 Å². The van der Waals surface area contributed by atoms with Gasteiger partial charge in [-0.15, -0.1) is 0 Å². The normalized spacial score (nSPS) is 17.7. The van der Waals surface area contributed by atoms with Gasteiger partial charge in [-0.3, -0.25) is 9.69 Å². The van der Waals surface area contributed by atoms with Gasteiger partial charge in [0.1, 0.15) is 11.6 Å². The molecule has 4 rings (SSSR count). The quantitative estimate of drug-likeness (QED) is 0.742. The van der Waals surface area contributed by atoms with Gasteiger partial charge in [-0.1, -0.05) is 11.2 Å². The Labute approximate surface area is 156 Å². The van der Waals surface area contributed by atoms with Crippen molar-refractivity contribution >= 4 is 5.91 Å². The highest BCUT2D eigenvalue weighted by Crippen LogP contribution is 2.31. The number of rotatable bonds is 7. The van der Waals surface area contributed by atoms with Crippen LogP contribution in [0.5, 0.6) is 0 Å². The molecule has 1 aliphatic heterocycles. The van der Waals surface area contributed by atoms with Crippen LogP contribution in [0.15, 0.2) is 22.7 Å². The van der Waals surface area contributed by atoms with Crippen molar-refractivity contribution in [2.75, 3.05) is 26.7 Å². The van der Waals surface area contributed by atoms with Crippen LogP contribution in [0.4, 0.5) is 8.78 Å². The number of hydrogen-bond acceptors (Lipinski definition) is 5. The summed E-state index contributed by atoms with van der Waals surface area (Å²) >= 11 is 0. The Balaban J connectivity index is 1.24. The Bertz CT molecular complexity index is 831. The lowest BCUT2D eigenvalue weighted by Gasteiger charge is -2.37. The van der Waals surface area contributed by atoms with Crippen LogP contribution in [-0.4, -0.2) is 52.5 Å². The highest BCUT2D eigenvalue weighted by Gasteiger charge is 2.34. The topological polar surface area (TPSA) is 62.5 Å². The number of carbonyl (C=O) groups excluding carboxylic acids is 1. The molecule has 0 radical (unpaired) electrons. The number of hydrogen-bond donors (Lipinski definition) is 0. The molecule has 0 bridgehead atoms. The Morgan fingerprint density at radius 3 is 2.81 bits per heavy atom. The van der Waals surface area contributed by atoms with E-state index in [0.717, 1.165) is 18.9 Å². The molecule has 1 saturated heterocycles. The van der Waals surface area contributed by atoms with Crippen molar-refractivity contribution in [2.45, 2.75) is 31.7 Å². The predicted molar refractivity (Wildman–Crippen MR) is 92.7 cm³/mol. The molecule has 2 fully saturated rings. The lowest BCUT2D eigenvalue weighted by Crippen LogP contribution is -2.44. The maximum Gasteiger partial charge on any atom is 0.232 e. The molecule has 0 N–H and O–H groups in total. The summed E-state index contributed by atoms with van der Waals surface area (Å²) in [6.45, 7) is 2.39. The molecule has 0 atom stereocenters. The molecule has 0 unspecified atom stereocenters. The molecule has 27 heavy (non-hydrogen) atoms. The van der Waals surface area contributed by atoms with Gasteiger partial charge in [-0.25, -0.2) is 8.78 Å². The fourth-order valence-corrected chi connectivity index (χ4v) is 3.30. The highest BCUT2D eigenvalue weighted by atomic mass is 19.1. The zero-order valence-electron chi connectivity index (χ0n) is 15.2. The summed E-state index contributed by atoms with van der Waals surface area (Å²) in [5, 5.41) is 4.00. The van der Waals surface area contributed by atoms with E-state index in [0.29, 0.717) is 49.9 Å². The largest absolute Gasteiger partial charge is 0.345 e. The van der Waals surface area contributed by atoms with E-state index in [-0.39, 0.29) is 17.7 Å². The molecular weight excluding hydrogens is 354 g/mol. The third kappa shape index (κ3) is 4.16. The van der Waals surface area contributed by atoms with Crippen molar-refractivity contribution in [3.8, 4) is 0 Å². The molecule has 1 saturated carbocycles. The summed E-state index contributed by atoms with van der Waals surface area (Å²) in [7, 11) is 1.81. The van der Waals surface area contributed by atoms with E-state index in [4.69, 9.17) is 4.52 Å². The molecule has 2 heterocycles. The van der Waals surface area contributed by atoms with Gasteiger partial charge in [-0.2, -0.15) is 4.98 Å². The van der Waals surface area contributed by atoms with E-state index in [1.165, 1.54) is 12.1 Å². The summed E-state index contributed by atoms with van der Waals surface area (Å²) in [4.78, 5) is 20.1. The Morgan fingerprint density at radius 1 is 1.33 bits per heavy atom. The summed E-state index contributed by atoms with van der Waals surface area (Å²) in [5.41, 5.74) is 0.476. The molecule has 1 amide bonds. The van der Waals surface area contributed by atoms with Crippen molar-refractivity contribution in [1.82, 2.24) is 19.9 Å². The van der Waals surface area contributed by atoms with E-state index < -0.39 is 11.6 Å². The molecule has 8 heteroatoms. The van der Waals surface area contributed by atoms with Crippen LogP contribution in [0.25, 0.3) is 0 Å². The number of nitrogens with zero attached hydrogens (tertiary/aromatic N) is 4. The lowest BCUT2D eigenvalue weighted by molar-refractivity contribution is -0.131. The van der Waals surface area contributed by atoms with Crippen molar-refractivity contribution in [3.63, 3.8) is 0 Å². The third-order valence-corrected chi connectivity index (χ3v) is 5.17. The van der Waals surface area contributed by atoms with Gasteiger partial charge in [-0.05, 0) is 18.9 Å². The number of carbonyl (C=O) groups is 1.